The highest BCUT2D eigenvalue weighted by Gasteiger charge is 2.29. The topological polar surface area (TPSA) is 114 Å². The molecule has 29 heavy (non-hydrogen) atoms. The van der Waals surface area contributed by atoms with Crippen LogP contribution < -0.4 is 11.1 Å². The molecule has 0 spiro atoms. The van der Waals surface area contributed by atoms with E-state index >= 15 is 0 Å². The normalized spacial score (nSPS) is 15.6. The van der Waals surface area contributed by atoms with Crippen LogP contribution in [-0.2, 0) is 10.8 Å². The van der Waals surface area contributed by atoms with Crippen LogP contribution in [0.15, 0.2) is 22.7 Å². The molecule has 1 aliphatic rings. The Labute approximate surface area is 176 Å². The highest BCUT2D eigenvalue weighted by atomic mass is 32.2. The van der Waals surface area contributed by atoms with E-state index in [0.717, 1.165) is 50.5 Å². The Bertz CT molecular complexity index is 1050. The van der Waals surface area contributed by atoms with Crippen molar-refractivity contribution in [2.24, 2.45) is 0 Å². The molecule has 1 aliphatic carbocycles. The molecule has 0 radical (unpaired) electrons. The zero-order valence-electron chi connectivity index (χ0n) is 16.5. The quantitative estimate of drug-likeness (QED) is 0.524. The number of nitrogens with two attached hydrogens (primary N) is 1. The first kappa shape index (κ1) is 20.2. The van der Waals surface area contributed by atoms with Gasteiger partial charge in [0.25, 0.3) is 0 Å². The average Bonchev–Trinajstić information content (AvgIpc) is 3.01. The summed E-state index contributed by atoms with van der Waals surface area (Å²) >= 11 is 1.45. The first-order valence-corrected chi connectivity index (χ1v) is 11.8. The maximum absolute atomic E-state index is 12.9. The van der Waals surface area contributed by atoms with Gasteiger partial charge in [0.05, 0.1) is 28.8 Å². The summed E-state index contributed by atoms with van der Waals surface area (Å²) in [6.07, 6.45) is 6.59. The van der Waals surface area contributed by atoms with E-state index in [-0.39, 0.29) is 17.8 Å². The van der Waals surface area contributed by atoms with Gasteiger partial charge in [0.2, 0.25) is 5.95 Å². The molecule has 154 valence electrons. The van der Waals surface area contributed by atoms with Gasteiger partial charge in [-0.15, -0.1) is 11.3 Å². The lowest BCUT2D eigenvalue weighted by Crippen LogP contribution is -2.23. The molecule has 1 unspecified atom stereocenters. The highest BCUT2D eigenvalue weighted by molar-refractivity contribution is 7.88. The van der Waals surface area contributed by atoms with E-state index in [4.69, 9.17) is 15.8 Å². The Hall–Kier alpha value is -2.10. The number of nitrogen functional groups attached to an aromatic ring is 1. The van der Waals surface area contributed by atoms with E-state index in [1.807, 2.05) is 6.07 Å². The third-order valence-corrected chi connectivity index (χ3v) is 8.50. The maximum atomic E-state index is 12.9. The standard InChI is InChI=1S/C20H25N5O2S2/c1-11(2)14-8-15(12-9-23-20(24-10-12)22-6-7-26)25-18-16(14)17(21)19(28-18)29(27)13-4-3-5-13/h8-11,13,26H,3-7,21H2,1-2H3,(H,22,23,24). The van der Waals surface area contributed by atoms with Gasteiger partial charge < -0.3 is 16.2 Å². The zero-order chi connectivity index (χ0) is 20.5. The summed E-state index contributed by atoms with van der Waals surface area (Å²) in [5.74, 6) is 0.707. The van der Waals surface area contributed by atoms with Crippen molar-refractivity contribution in [1.82, 2.24) is 15.0 Å². The minimum atomic E-state index is -1.06. The molecule has 3 aromatic heterocycles. The Morgan fingerprint density at radius 1 is 1.34 bits per heavy atom. The molecule has 1 saturated carbocycles. The fraction of sp³-hybridized carbons (Fsp3) is 0.450. The van der Waals surface area contributed by atoms with Gasteiger partial charge in [-0.2, -0.15) is 0 Å². The van der Waals surface area contributed by atoms with Crippen molar-refractivity contribution < 1.29 is 9.32 Å². The number of hydrogen-bond acceptors (Lipinski definition) is 8. The lowest BCUT2D eigenvalue weighted by molar-refractivity contribution is 0.311. The summed E-state index contributed by atoms with van der Waals surface area (Å²) in [5, 5.41) is 13.0. The molecule has 7 nitrogen and oxygen atoms in total. The Balaban J connectivity index is 1.77. The second kappa shape index (κ2) is 8.33. The average molecular weight is 432 g/mol. The van der Waals surface area contributed by atoms with Gasteiger partial charge in [0.1, 0.15) is 9.04 Å². The molecule has 3 heterocycles. The number of aromatic nitrogens is 3. The number of hydrogen-bond donors (Lipinski definition) is 3. The lowest BCUT2D eigenvalue weighted by Gasteiger charge is -2.23. The lowest BCUT2D eigenvalue weighted by atomic mass is 9.98. The van der Waals surface area contributed by atoms with Crippen LogP contribution in [0.2, 0.25) is 0 Å². The van der Waals surface area contributed by atoms with Crippen molar-refractivity contribution in [3.05, 3.63) is 24.0 Å². The summed E-state index contributed by atoms with van der Waals surface area (Å²) in [5.41, 5.74) is 9.77. The van der Waals surface area contributed by atoms with Gasteiger partial charge in [-0.05, 0) is 30.4 Å². The van der Waals surface area contributed by atoms with Crippen molar-refractivity contribution in [3.63, 3.8) is 0 Å². The summed E-state index contributed by atoms with van der Waals surface area (Å²) in [6, 6.07) is 2.03. The largest absolute Gasteiger partial charge is 0.396 e. The summed E-state index contributed by atoms with van der Waals surface area (Å²) in [6.45, 7) is 4.66. The van der Waals surface area contributed by atoms with E-state index in [1.54, 1.807) is 12.4 Å². The number of nitrogens with one attached hydrogen (secondary N) is 1. The van der Waals surface area contributed by atoms with Crippen LogP contribution in [0.1, 0.15) is 44.6 Å². The molecule has 9 heteroatoms. The molecule has 3 aromatic rings. The number of fused-ring (bicyclic) bond motifs is 1. The first-order chi connectivity index (χ1) is 14.0. The minimum Gasteiger partial charge on any atom is -0.396 e. The van der Waals surface area contributed by atoms with Gasteiger partial charge >= 0.3 is 0 Å². The fourth-order valence-electron chi connectivity index (χ4n) is 3.34. The predicted octanol–water partition coefficient (Wildman–Crippen LogP) is 3.52. The van der Waals surface area contributed by atoms with Crippen molar-refractivity contribution >= 4 is 44.0 Å². The van der Waals surface area contributed by atoms with Crippen LogP contribution in [0.4, 0.5) is 11.6 Å². The number of anilines is 2. The number of aliphatic hydroxyl groups is 1. The maximum Gasteiger partial charge on any atom is 0.222 e. The SMILES string of the molecule is CC(C)c1cc(-c2cnc(NCCO)nc2)nc2sc(S(=O)C3CCC3)c(N)c12. The molecule has 1 fully saturated rings. The van der Waals surface area contributed by atoms with E-state index in [9.17, 15) is 4.21 Å². The molecule has 4 rings (SSSR count). The molecule has 0 aliphatic heterocycles. The Kier molecular flexibility index (Phi) is 5.80. The number of pyridine rings is 1. The Morgan fingerprint density at radius 2 is 2.07 bits per heavy atom. The highest BCUT2D eigenvalue weighted by Crippen LogP contribution is 2.43. The summed E-state index contributed by atoms with van der Waals surface area (Å²) in [7, 11) is -1.06. The van der Waals surface area contributed by atoms with Crippen LogP contribution in [-0.4, -0.2) is 42.7 Å². The fourth-order valence-corrected chi connectivity index (χ4v) is 6.56. The van der Waals surface area contributed by atoms with Crippen LogP contribution in [0.3, 0.4) is 0 Å². The second-order valence-corrected chi connectivity index (χ2v) is 10.5. The van der Waals surface area contributed by atoms with Gasteiger partial charge in [0, 0.05) is 35.1 Å². The van der Waals surface area contributed by atoms with Crippen LogP contribution in [0, 0.1) is 0 Å². The Morgan fingerprint density at radius 3 is 2.66 bits per heavy atom. The van der Waals surface area contributed by atoms with Crippen LogP contribution >= 0.6 is 11.3 Å². The molecule has 4 N–H and O–H groups in total. The van der Waals surface area contributed by atoms with E-state index in [1.165, 1.54) is 11.3 Å². The smallest absolute Gasteiger partial charge is 0.222 e. The van der Waals surface area contributed by atoms with Crippen molar-refractivity contribution in [2.75, 3.05) is 24.2 Å². The molecule has 0 saturated heterocycles. The van der Waals surface area contributed by atoms with Crippen molar-refractivity contribution in [2.45, 2.75) is 48.5 Å². The number of rotatable bonds is 7. The second-order valence-electron chi connectivity index (χ2n) is 7.53. The third kappa shape index (κ3) is 3.86. The molecule has 0 aromatic carbocycles. The van der Waals surface area contributed by atoms with E-state index in [0.29, 0.717) is 18.2 Å². The first-order valence-electron chi connectivity index (χ1n) is 9.80. The molecular weight excluding hydrogens is 406 g/mol. The van der Waals surface area contributed by atoms with E-state index in [2.05, 4.69) is 29.1 Å². The van der Waals surface area contributed by atoms with E-state index < -0.39 is 10.8 Å². The molecule has 1 atom stereocenters. The predicted molar refractivity (Wildman–Crippen MR) is 119 cm³/mol. The van der Waals surface area contributed by atoms with Crippen LogP contribution in [0.25, 0.3) is 21.5 Å². The monoisotopic (exact) mass is 431 g/mol. The van der Waals surface area contributed by atoms with Gasteiger partial charge in [0.15, 0.2) is 0 Å². The van der Waals surface area contributed by atoms with Crippen LogP contribution in [0.5, 0.6) is 0 Å². The molecule has 0 bridgehead atoms. The van der Waals surface area contributed by atoms with Crippen molar-refractivity contribution in [3.8, 4) is 11.3 Å². The third-order valence-electron chi connectivity index (χ3n) is 5.20. The van der Waals surface area contributed by atoms with Gasteiger partial charge in [-0.25, -0.2) is 15.0 Å². The van der Waals surface area contributed by atoms with Gasteiger partial charge in [-0.3, -0.25) is 4.21 Å². The molecular formula is C20H25N5O2S2. The summed E-state index contributed by atoms with van der Waals surface area (Å²) in [4.78, 5) is 14.2. The summed E-state index contributed by atoms with van der Waals surface area (Å²) < 4.78 is 13.7. The number of aliphatic hydroxyl groups excluding tert-OH is 1. The van der Waals surface area contributed by atoms with Gasteiger partial charge in [-0.1, -0.05) is 20.3 Å². The number of thiophene rings is 1. The zero-order valence-corrected chi connectivity index (χ0v) is 18.1. The van der Waals surface area contributed by atoms with Crippen molar-refractivity contribution in [1.29, 1.82) is 0 Å². The number of nitrogens with zero attached hydrogens (tertiary/aromatic N) is 3. The minimum absolute atomic E-state index is 0.0193. The molecule has 0 amide bonds.